The van der Waals surface area contributed by atoms with Gasteiger partial charge in [-0.1, -0.05) is 56.2 Å². The van der Waals surface area contributed by atoms with Crippen molar-refractivity contribution in [2.75, 3.05) is 0 Å². The van der Waals surface area contributed by atoms with Crippen molar-refractivity contribution in [2.45, 2.75) is 70.7 Å². The summed E-state index contributed by atoms with van der Waals surface area (Å²) in [7, 11) is -3.94. The average Bonchev–Trinajstić information content (AvgIpc) is 3.24. The van der Waals surface area contributed by atoms with E-state index in [0.29, 0.717) is 12.8 Å². The van der Waals surface area contributed by atoms with Crippen LogP contribution >= 0.6 is 0 Å². The summed E-state index contributed by atoms with van der Waals surface area (Å²) in [5.41, 5.74) is 6.33. The molecule has 4 aromatic rings. The molecule has 1 atom stereocenters. The molecular formula is C30H36N4NaO3S. The van der Waals surface area contributed by atoms with Crippen molar-refractivity contribution in [3.05, 3.63) is 89.2 Å². The number of benzene rings is 3. The molecule has 0 bridgehead atoms. The van der Waals surface area contributed by atoms with Crippen LogP contribution in [0.25, 0.3) is 16.7 Å². The van der Waals surface area contributed by atoms with Crippen molar-refractivity contribution in [1.82, 2.24) is 19.6 Å². The summed E-state index contributed by atoms with van der Waals surface area (Å²) >= 11 is 0. The standard InChI is InChI=1S/C30H36N4O3S.Na/c1-5-7-8-29-32-27-19-22(4)11-18-28(27)34(29)25-14-12-23(13-15-25)20-24(6-2)31-30(35)33-38(36,37)26-16-9-21(3)10-17-26;/h9-19,24H,5-8,20H2,1-4H3,(H2,31,33,35);. The Hall–Kier alpha value is -2.65. The molecule has 0 aliphatic heterocycles. The van der Waals surface area contributed by atoms with Crippen molar-refractivity contribution >= 4 is 56.6 Å². The minimum Gasteiger partial charge on any atom is -0.334 e. The summed E-state index contributed by atoms with van der Waals surface area (Å²) in [5, 5.41) is 2.81. The van der Waals surface area contributed by atoms with Crippen LogP contribution in [0.3, 0.4) is 0 Å². The van der Waals surface area contributed by atoms with Gasteiger partial charge < -0.3 is 5.32 Å². The molecule has 3 aromatic carbocycles. The molecule has 4 rings (SSSR count). The largest absolute Gasteiger partial charge is 0.334 e. The number of imidazole rings is 1. The molecule has 39 heavy (non-hydrogen) atoms. The molecule has 2 amide bonds. The predicted octanol–water partition coefficient (Wildman–Crippen LogP) is 5.61. The van der Waals surface area contributed by atoms with Gasteiger partial charge >= 0.3 is 6.03 Å². The van der Waals surface area contributed by atoms with Crippen molar-refractivity contribution in [3.63, 3.8) is 0 Å². The predicted molar refractivity (Wildman–Crippen MR) is 158 cm³/mol. The maximum atomic E-state index is 12.6. The number of aromatic nitrogens is 2. The van der Waals surface area contributed by atoms with E-state index in [1.807, 2.05) is 13.8 Å². The van der Waals surface area contributed by atoms with Gasteiger partial charge in [-0.15, -0.1) is 0 Å². The number of urea groups is 1. The van der Waals surface area contributed by atoms with E-state index in [9.17, 15) is 13.2 Å². The molecule has 1 radical (unpaired) electrons. The Morgan fingerprint density at radius 2 is 1.62 bits per heavy atom. The van der Waals surface area contributed by atoms with Crippen molar-refractivity contribution in [3.8, 4) is 5.69 Å². The Morgan fingerprint density at radius 3 is 2.26 bits per heavy atom. The number of unbranched alkanes of at least 4 members (excludes halogenated alkanes) is 1. The molecule has 0 aliphatic rings. The van der Waals surface area contributed by atoms with Gasteiger partial charge in [0.1, 0.15) is 5.82 Å². The van der Waals surface area contributed by atoms with E-state index in [2.05, 4.69) is 70.9 Å². The van der Waals surface area contributed by atoms with Crippen LogP contribution in [0.2, 0.25) is 0 Å². The van der Waals surface area contributed by atoms with Gasteiger partial charge in [0.2, 0.25) is 0 Å². The molecule has 0 spiro atoms. The number of carbonyl (C=O) groups excluding carboxylic acids is 1. The molecule has 0 saturated carbocycles. The number of sulfonamides is 1. The molecule has 2 N–H and O–H groups in total. The third-order valence-electron chi connectivity index (χ3n) is 6.70. The number of hydrogen-bond acceptors (Lipinski definition) is 4. The number of carbonyl (C=O) groups is 1. The maximum Gasteiger partial charge on any atom is 0.328 e. The van der Waals surface area contributed by atoms with Crippen molar-refractivity contribution in [2.24, 2.45) is 0 Å². The molecule has 7 nitrogen and oxygen atoms in total. The number of rotatable bonds is 10. The summed E-state index contributed by atoms with van der Waals surface area (Å²) < 4.78 is 29.5. The number of nitrogens with zero attached hydrogens (tertiary/aromatic N) is 2. The van der Waals surface area contributed by atoms with Crippen LogP contribution in [0.1, 0.15) is 55.6 Å². The van der Waals surface area contributed by atoms with Gasteiger partial charge in [-0.05, 0) is 80.6 Å². The van der Waals surface area contributed by atoms with Crippen LogP contribution in [0.5, 0.6) is 0 Å². The number of amides is 2. The molecule has 9 heteroatoms. The SMILES string of the molecule is CCCCc1nc2cc(C)ccc2n1-c1ccc(CC(CC)NC(=O)NS(=O)(=O)c2ccc(C)cc2)cc1.[Na]. The Labute approximate surface area is 253 Å². The minimum atomic E-state index is -3.94. The fourth-order valence-electron chi connectivity index (χ4n) is 4.51. The third kappa shape index (κ3) is 7.72. The van der Waals surface area contributed by atoms with E-state index in [0.717, 1.165) is 52.9 Å². The summed E-state index contributed by atoms with van der Waals surface area (Å²) in [4.78, 5) is 17.5. The number of fused-ring (bicyclic) bond motifs is 1. The van der Waals surface area contributed by atoms with Crippen molar-refractivity contribution < 1.29 is 13.2 Å². The first-order valence-corrected chi connectivity index (χ1v) is 14.7. The van der Waals surface area contributed by atoms with E-state index < -0.39 is 16.1 Å². The second kappa shape index (κ2) is 13.6. The normalized spacial score (nSPS) is 12.1. The van der Waals surface area contributed by atoms with E-state index in [-0.39, 0.29) is 40.5 Å². The first kappa shape index (κ1) is 30.9. The van der Waals surface area contributed by atoms with Crippen LogP contribution in [0, 0.1) is 13.8 Å². The number of nitrogens with one attached hydrogen (secondary N) is 2. The Morgan fingerprint density at radius 1 is 0.949 bits per heavy atom. The average molecular weight is 556 g/mol. The Bertz CT molecular complexity index is 1510. The van der Waals surface area contributed by atoms with Gasteiger partial charge in [0.25, 0.3) is 10.0 Å². The zero-order chi connectivity index (χ0) is 27.3. The zero-order valence-corrected chi connectivity index (χ0v) is 26.3. The smallest absolute Gasteiger partial charge is 0.328 e. The molecule has 1 heterocycles. The fraction of sp³-hybridized carbons (Fsp3) is 0.333. The van der Waals surface area contributed by atoms with E-state index in [1.54, 1.807) is 12.1 Å². The van der Waals surface area contributed by atoms with Crippen LogP contribution in [0.15, 0.2) is 71.6 Å². The monoisotopic (exact) mass is 555 g/mol. The van der Waals surface area contributed by atoms with Crippen LogP contribution in [-0.4, -0.2) is 59.6 Å². The molecule has 1 aromatic heterocycles. The molecule has 0 saturated heterocycles. The fourth-order valence-corrected chi connectivity index (χ4v) is 5.42. The molecule has 0 fully saturated rings. The second-order valence-electron chi connectivity index (χ2n) is 9.83. The molecule has 1 unspecified atom stereocenters. The maximum absolute atomic E-state index is 12.6. The summed E-state index contributed by atoms with van der Waals surface area (Å²) in [6.45, 7) is 8.10. The van der Waals surface area contributed by atoms with Gasteiger partial charge in [-0.2, -0.15) is 0 Å². The summed E-state index contributed by atoms with van der Waals surface area (Å²) in [6, 6.07) is 20.1. The van der Waals surface area contributed by atoms with Crippen LogP contribution in [0.4, 0.5) is 4.79 Å². The third-order valence-corrected chi connectivity index (χ3v) is 8.04. The van der Waals surface area contributed by atoms with Gasteiger partial charge in [0, 0.05) is 47.7 Å². The topological polar surface area (TPSA) is 93.1 Å². The van der Waals surface area contributed by atoms with E-state index in [1.165, 1.54) is 17.7 Å². The molecule has 0 aliphatic carbocycles. The van der Waals surface area contributed by atoms with Crippen LogP contribution in [-0.2, 0) is 22.9 Å². The first-order chi connectivity index (χ1) is 18.2. The quantitative estimate of drug-likeness (QED) is 0.249. The van der Waals surface area contributed by atoms with Crippen molar-refractivity contribution in [1.29, 1.82) is 0 Å². The summed E-state index contributed by atoms with van der Waals surface area (Å²) in [5.74, 6) is 1.06. The van der Waals surface area contributed by atoms with Gasteiger partial charge in [-0.25, -0.2) is 22.9 Å². The molecular weight excluding hydrogens is 519 g/mol. The Balaban J connectivity index is 0.00000420. The van der Waals surface area contributed by atoms with E-state index >= 15 is 0 Å². The molecule has 201 valence electrons. The minimum absolute atomic E-state index is 0. The zero-order valence-electron chi connectivity index (χ0n) is 23.5. The number of hydrogen-bond donors (Lipinski definition) is 2. The van der Waals surface area contributed by atoms with Crippen LogP contribution < -0.4 is 10.0 Å². The van der Waals surface area contributed by atoms with Gasteiger partial charge in [0.15, 0.2) is 0 Å². The second-order valence-corrected chi connectivity index (χ2v) is 11.5. The summed E-state index contributed by atoms with van der Waals surface area (Å²) in [6.07, 6.45) is 4.33. The van der Waals surface area contributed by atoms with Gasteiger partial charge in [0.05, 0.1) is 15.9 Å². The number of aryl methyl sites for hydroxylation is 3. The first-order valence-electron chi connectivity index (χ1n) is 13.2. The van der Waals surface area contributed by atoms with E-state index in [4.69, 9.17) is 4.98 Å². The Kier molecular flexibility index (Phi) is 10.8. The van der Waals surface area contributed by atoms with Gasteiger partial charge in [-0.3, -0.25) is 4.57 Å².